The molecule has 0 unspecified atom stereocenters. The predicted octanol–water partition coefficient (Wildman–Crippen LogP) is 4.57. The van der Waals surface area contributed by atoms with Crippen molar-refractivity contribution < 1.29 is 14.8 Å². The Hall–Kier alpha value is -4.14. The van der Waals surface area contributed by atoms with E-state index < -0.39 is 5.91 Å². The minimum absolute atomic E-state index is 0.233. The van der Waals surface area contributed by atoms with Crippen LogP contribution in [0, 0.1) is 0 Å². The maximum atomic E-state index is 12.6. The van der Waals surface area contributed by atoms with Crippen molar-refractivity contribution in [2.45, 2.75) is 6.42 Å². The molecule has 0 atom stereocenters. The number of aromatic nitrogens is 2. The Balaban J connectivity index is 1.40. The average molecular weight is 457 g/mol. The highest BCUT2D eigenvalue weighted by Crippen LogP contribution is 2.23. The first kappa shape index (κ1) is 22.1. The molecule has 164 valence electrons. The monoisotopic (exact) mass is 456 g/mol. The second-order valence-corrected chi connectivity index (χ2v) is 8.07. The van der Waals surface area contributed by atoms with Crippen LogP contribution in [0.1, 0.15) is 26.5 Å². The van der Waals surface area contributed by atoms with E-state index in [1.54, 1.807) is 48.0 Å². The summed E-state index contributed by atoms with van der Waals surface area (Å²) in [7, 11) is 0. The third-order valence-electron chi connectivity index (χ3n) is 4.76. The first-order chi connectivity index (χ1) is 16.1. The van der Waals surface area contributed by atoms with E-state index in [9.17, 15) is 9.59 Å². The van der Waals surface area contributed by atoms with Crippen LogP contribution in [-0.2, 0) is 11.2 Å². The molecule has 3 N–H and O–H groups in total. The number of hydrogen-bond donors (Lipinski definition) is 3. The van der Waals surface area contributed by atoms with Crippen molar-refractivity contribution in [2.24, 2.45) is 0 Å². The number of thiazole rings is 1. The van der Waals surface area contributed by atoms with Gasteiger partial charge < -0.3 is 5.32 Å². The van der Waals surface area contributed by atoms with Crippen LogP contribution >= 0.6 is 11.3 Å². The summed E-state index contributed by atoms with van der Waals surface area (Å²) in [5.74, 6) is -0.855. The van der Waals surface area contributed by atoms with Gasteiger partial charge in [-0.3, -0.25) is 19.8 Å². The molecule has 0 aliphatic rings. The molecule has 2 amide bonds. The lowest BCUT2D eigenvalue weighted by molar-refractivity contribution is -0.124. The van der Waals surface area contributed by atoms with Crippen molar-refractivity contribution in [2.75, 3.05) is 5.32 Å². The number of carbonyl (C=O) groups excluding carboxylic acids is 2. The fraction of sp³-hybridized carbons (Fsp3) is 0.0400. The number of nitrogens with one attached hydrogen (secondary N) is 2. The fourth-order valence-corrected chi connectivity index (χ4v) is 3.97. The number of anilines is 1. The number of hydroxylamine groups is 1. The van der Waals surface area contributed by atoms with Gasteiger partial charge >= 0.3 is 0 Å². The second-order valence-electron chi connectivity index (χ2n) is 7.13. The van der Waals surface area contributed by atoms with Gasteiger partial charge in [0.1, 0.15) is 0 Å². The lowest BCUT2D eigenvalue weighted by Crippen LogP contribution is -2.14. The summed E-state index contributed by atoms with van der Waals surface area (Å²) in [5.41, 5.74) is 6.38. The molecular weight excluding hydrogens is 436 g/mol. The van der Waals surface area contributed by atoms with Crippen molar-refractivity contribution >= 4 is 34.9 Å². The largest absolute Gasteiger partial charge is 0.322 e. The van der Waals surface area contributed by atoms with E-state index in [4.69, 9.17) is 10.2 Å². The third-order valence-corrected chi connectivity index (χ3v) is 5.61. The number of hydrogen-bond acceptors (Lipinski definition) is 6. The van der Waals surface area contributed by atoms with E-state index in [0.29, 0.717) is 17.7 Å². The van der Waals surface area contributed by atoms with Crippen LogP contribution < -0.4 is 10.8 Å². The Morgan fingerprint density at radius 2 is 1.91 bits per heavy atom. The number of benzene rings is 2. The molecule has 0 aliphatic carbocycles. The summed E-state index contributed by atoms with van der Waals surface area (Å²) in [4.78, 5) is 32.5. The molecule has 0 bridgehead atoms. The van der Waals surface area contributed by atoms with Crippen LogP contribution in [0.5, 0.6) is 0 Å². The summed E-state index contributed by atoms with van der Waals surface area (Å²) in [5, 5.41) is 14.4. The van der Waals surface area contributed by atoms with Gasteiger partial charge in [-0.05, 0) is 53.6 Å². The molecule has 4 aromatic rings. The topological polar surface area (TPSA) is 104 Å². The number of nitrogens with zero attached hydrogens (tertiary/aromatic N) is 2. The number of amides is 2. The zero-order valence-corrected chi connectivity index (χ0v) is 18.3. The molecule has 0 radical (unpaired) electrons. The molecule has 2 aromatic heterocycles. The molecule has 2 heterocycles. The molecule has 0 saturated heterocycles. The zero-order chi connectivity index (χ0) is 23.0. The molecule has 0 fully saturated rings. The van der Waals surface area contributed by atoms with Crippen LogP contribution in [0.25, 0.3) is 17.3 Å². The van der Waals surface area contributed by atoms with Crippen LogP contribution in [0.4, 0.5) is 5.69 Å². The maximum absolute atomic E-state index is 12.6. The van der Waals surface area contributed by atoms with Gasteiger partial charge in [-0.25, -0.2) is 10.5 Å². The molecular formula is C25H20N4O3S. The summed E-state index contributed by atoms with van der Waals surface area (Å²) >= 11 is 1.59. The fourth-order valence-electron chi connectivity index (χ4n) is 3.13. The molecule has 0 saturated carbocycles. The first-order valence-corrected chi connectivity index (χ1v) is 11.0. The Labute approximate surface area is 194 Å². The molecule has 8 heteroatoms. The smallest absolute Gasteiger partial charge is 0.267 e. The minimum Gasteiger partial charge on any atom is -0.322 e. The van der Waals surface area contributed by atoms with E-state index in [1.807, 2.05) is 41.8 Å². The van der Waals surface area contributed by atoms with Crippen molar-refractivity contribution in [1.82, 2.24) is 15.4 Å². The van der Waals surface area contributed by atoms with Crippen molar-refractivity contribution in [3.05, 3.63) is 106 Å². The van der Waals surface area contributed by atoms with Gasteiger partial charge in [0.25, 0.3) is 11.8 Å². The van der Waals surface area contributed by atoms with Crippen molar-refractivity contribution in [3.63, 3.8) is 0 Å². The summed E-state index contributed by atoms with van der Waals surface area (Å²) < 4.78 is 0. The van der Waals surface area contributed by atoms with Crippen LogP contribution in [0.15, 0.2) is 84.5 Å². The highest BCUT2D eigenvalue weighted by molar-refractivity contribution is 7.10. The van der Waals surface area contributed by atoms with Gasteiger partial charge in [0.05, 0.1) is 10.7 Å². The molecule has 0 spiro atoms. The average Bonchev–Trinajstić information content (AvgIpc) is 3.32. The quantitative estimate of drug-likeness (QED) is 0.215. The van der Waals surface area contributed by atoms with E-state index in [0.717, 1.165) is 27.4 Å². The van der Waals surface area contributed by atoms with Crippen molar-refractivity contribution in [1.29, 1.82) is 0 Å². The number of carbonyl (C=O) groups is 2. The lowest BCUT2D eigenvalue weighted by Gasteiger charge is -2.07. The van der Waals surface area contributed by atoms with Crippen LogP contribution in [-0.4, -0.2) is 27.0 Å². The third kappa shape index (κ3) is 5.97. The number of pyridine rings is 1. The van der Waals surface area contributed by atoms with Gasteiger partial charge in [-0.1, -0.05) is 24.3 Å². The highest BCUT2D eigenvalue weighted by atomic mass is 32.1. The van der Waals surface area contributed by atoms with Gasteiger partial charge in [0.15, 0.2) is 0 Å². The van der Waals surface area contributed by atoms with E-state index in [-0.39, 0.29) is 5.91 Å². The molecule has 4 rings (SSSR count). The Bertz CT molecular complexity index is 1280. The van der Waals surface area contributed by atoms with Crippen LogP contribution in [0.2, 0.25) is 0 Å². The maximum Gasteiger partial charge on any atom is 0.267 e. The number of rotatable bonds is 7. The minimum atomic E-state index is -0.622. The van der Waals surface area contributed by atoms with Gasteiger partial charge in [0, 0.05) is 47.1 Å². The van der Waals surface area contributed by atoms with E-state index in [2.05, 4.69) is 10.3 Å². The zero-order valence-electron chi connectivity index (χ0n) is 17.4. The molecule has 0 aliphatic heterocycles. The van der Waals surface area contributed by atoms with E-state index >= 15 is 0 Å². The summed E-state index contributed by atoms with van der Waals surface area (Å²) in [6.07, 6.45) is 6.93. The van der Waals surface area contributed by atoms with Crippen molar-refractivity contribution in [3.8, 4) is 11.3 Å². The first-order valence-electron chi connectivity index (χ1n) is 10.1. The Kier molecular flexibility index (Phi) is 6.99. The van der Waals surface area contributed by atoms with Crippen LogP contribution in [0.3, 0.4) is 0 Å². The molecule has 33 heavy (non-hydrogen) atoms. The molecule has 7 nitrogen and oxygen atoms in total. The summed E-state index contributed by atoms with van der Waals surface area (Å²) in [6.45, 7) is 0. The SMILES string of the molecule is O=C(/C=C/c1ccc(C(=O)Nc2cccc(Cc3nc(-c4cccnc4)cs3)c2)cc1)NO. The lowest BCUT2D eigenvalue weighted by atomic mass is 10.1. The second kappa shape index (κ2) is 10.4. The Morgan fingerprint density at radius 3 is 2.67 bits per heavy atom. The van der Waals surface area contributed by atoms with Gasteiger partial charge in [0.2, 0.25) is 0 Å². The highest BCUT2D eigenvalue weighted by Gasteiger charge is 2.09. The standard InChI is InChI=1S/C25H20N4O3S/c30-23(29-32)11-8-17-6-9-19(10-7-17)25(31)27-21-5-1-3-18(13-21)14-24-28-22(16-33-24)20-4-2-12-26-15-20/h1-13,15-16,32H,14H2,(H,27,31)(H,29,30)/b11-8+. The summed E-state index contributed by atoms with van der Waals surface area (Å²) in [6, 6.07) is 18.3. The van der Waals surface area contributed by atoms with Gasteiger partial charge in [-0.15, -0.1) is 11.3 Å². The molecule has 2 aromatic carbocycles. The Morgan fingerprint density at radius 1 is 1.06 bits per heavy atom. The predicted molar refractivity (Wildman–Crippen MR) is 128 cm³/mol. The normalized spacial score (nSPS) is 10.8. The van der Waals surface area contributed by atoms with Gasteiger partial charge in [-0.2, -0.15) is 0 Å². The van der Waals surface area contributed by atoms with E-state index in [1.165, 1.54) is 17.6 Å².